The standard InChI is InChI=1S/C16H21NO2/c1-3-12(2)13-4-6-15(7-5-13)19-11-16-14(10-17)8-9-18-16/h4-9,12H,3,10-11,17H2,1-2H3. The third-order valence-corrected chi connectivity index (χ3v) is 3.49. The van der Waals surface area contributed by atoms with E-state index in [-0.39, 0.29) is 0 Å². The molecule has 3 heteroatoms. The summed E-state index contributed by atoms with van der Waals surface area (Å²) in [5.74, 6) is 2.24. The van der Waals surface area contributed by atoms with Gasteiger partial charge in [0.15, 0.2) is 0 Å². The lowest BCUT2D eigenvalue weighted by Gasteiger charge is -2.10. The average Bonchev–Trinajstić information content (AvgIpc) is 2.92. The highest BCUT2D eigenvalue weighted by Gasteiger charge is 2.06. The van der Waals surface area contributed by atoms with E-state index in [0.717, 1.165) is 23.5 Å². The number of hydrogen-bond donors (Lipinski definition) is 1. The first-order chi connectivity index (χ1) is 9.24. The maximum Gasteiger partial charge on any atom is 0.146 e. The van der Waals surface area contributed by atoms with Gasteiger partial charge < -0.3 is 14.9 Å². The van der Waals surface area contributed by atoms with Gasteiger partial charge in [-0.05, 0) is 36.1 Å². The van der Waals surface area contributed by atoms with Crippen LogP contribution in [-0.4, -0.2) is 0 Å². The molecule has 1 heterocycles. The lowest BCUT2D eigenvalue weighted by atomic mass is 9.99. The van der Waals surface area contributed by atoms with Gasteiger partial charge in [-0.1, -0.05) is 26.0 Å². The lowest BCUT2D eigenvalue weighted by Crippen LogP contribution is -2.02. The molecule has 0 saturated heterocycles. The van der Waals surface area contributed by atoms with Crippen LogP contribution in [0.4, 0.5) is 0 Å². The van der Waals surface area contributed by atoms with Gasteiger partial charge in [0.1, 0.15) is 18.1 Å². The van der Waals surface area contributed by atoms with Crippen molar-refractivity contribution >= 4 is 0 Å². The van der Waals surface area contributed by atoms with Gasteiger partial charge in [-0.3, -0.25) is 0 Å². The fourth-order valence-corrected chi connectivity index (χ4v) is 1.95. The van der Waals surface area contributed by atoms with Gasteiger partial charge in [-0.2, -0.15) is 0 Å². The number of ether oxygens (including phenoxy) is 1. The number of furan rings is 1. The zero-order valence-electron chi connectivity index (χ0n) is 11.6. The molecule has 1 atom stereocenters. The molecule has 1 aromatic carbocycles. The van der Waals surface area contributed by atoms with E-state index < -0.39 is 0 Å². The van der Waals surface area contributed by atoms with E-state index in [9.17, 15) is 0 Å². The first-order valence-corrected chi connectivity index (χ1v) is 6.72. The van der Waals surface area contributed by atoms with Crippen LogP contribution in [0.2, 0.25) is 0 Å². The molecule has 19 heavy (non-hydrogen) atoms. The molecule has 0 bridgehead atoms. The fourth-order valence-electron chi connectivity index (χ4n) is 1.95. The minimum atomic E-state index is 0.419. The number of rotatable bonds is 6. The van der Waals surface area contributed by atoms with Crippen LogP contribution in [0.15, 0.2) is 41.0 Å². The monoisotopic (exact) mass is 259 g/mol. The molecule has 0 radical (unpaired) electrons. The first-order valence-electron chi connectivity index (χ1n) is 6.72. The Morgan fingerprint density at radius 2 is 1.95 bits per heavy atom. The second-order valence-electron chi connectivity index (χ2n) is 4.74. The SMILES string of the molecule is CCC(C)c1ccc(OCc2occc2CN)cc1. The number of benzene rings is 1. The molecule has 0 aliphatic carbocycles. The van der Waals surface area contributed by atoms with Crippen molar-refractivity contribution in [1.29, 1.82) is 0 Å². The summed E-state index contributed by atoms with van der Waals surface area (Å²) in [5.41, 5.74) is 7.96. The van der Waals surface area contributed by atoms with Crippen molar-refractivity contribution in [2.24, 2.45) is 5.73 Å². The van der Waals surface area contributed by atoms with E-state index in [0.29, 0.717) is 19.1 Å². The maximum atomic E-state index is 5.71. The van der Waals surface area contributed by atoms with Crippen LogP contribution < -0.4 is 10.5 Å². The summed E-state index contributed by atoms with van der Waals surface area (Å²) in [6, 6.07) is 10.1. The molecular weight excluding hydrogens is 238 g/mol. The maximum absolute atomic E-state index is 5.71. The van der Waals surface area contributed by atoms with Crippen molar-refractivity contribution in [3.63, 3.8) is 0 Å². The third-order valence-electron chi connectivity index (χ3n) is 3.49. The fraction of sp³-hybridized carbons (Fsp3) is 0.375. The van der Waals surface area contributed by atoms with Crippen molar-refractivity contribution in [2.45, 2.75) is 39.3 Å². The Labute approximate surface area is 114 Å². The van der Waals surface area contributed by atoms with E-state index in [1.807, 2.05) is 18.2 Å². The Kier molecular flexibility index (Phi) is 4.63. The van der Waals surface area contributed by atoms with Gasteiger partial charge in [0.05, 0.1) is 6.26 Å². The van der Waals surface area contributed by atoms with Crippen LogP contribution in [0.25, 0.3) is 0 Å². The Morgan fingerprint density at radius 3 is 2.58 bits per heavy atom. The van der Waals surface area contributed by atoms with Crippen molar-refractivity contribution in [3.8, 4) is 5.75 Å². The Morgan fingerprint density at radius 1 is 1.21 bits per heavy atom. The summed E-state index contributed by atoms with van der Waals surface area (Å²) in [6.07, 6.45) is 2.79. The number of hydrogen-bond acceptors (Lipinski definition) is 3. The normalized spacial score (nSPS) is 12.4. The molecule has 2 rings (SSSR count). The Bertz CT molecular complexity index is 502. The van der Waals surface area contributed by atoms with Gasteiger partial charge in [-0.15, -0.1) is 0 Å². The molecule has 0 saturated carbocycles. The molecule has 1 aromatic heterocycles. The zero-order valence-corrected chi connectivity index (χ0v) is 11.6. The molecule has 0 fully saturated rings. The van der Waals surface area contributed by atoms with Crippen LogP contribution in [0.5, 0.6) is 5.75 Å². The lowest BCUT2D eigenvalue weighted by molar-refractivity contribution is 0.268. The summed E-state index contributed by atoms with van der Waals surface area (Å²) in [5, 5.41) is 0. The van der Waals surface area contributed by atoms with Crippen molar-refractivity contribution < 1.29 is 9.15 Å². The molecule has 0 aliphatic heterocycles. The smallest absolute Gasteiger partial charge is 0.146 e. The highest BCUT2D eigenvalue weighted by atomic mass is 16.5. The predicted octanol–water partition coefficient (Wildman–Crippen LogP) is 3.83. The largest absolute Gasteiger partial charge is 0.486 e. The highest BCUT2D eigenvalue weighted by Crippen LogP contribution is 2.22. The van der Waals surface area contributed by atoms with Gasteiger partial charge in [0.2, 0.25) is 0 Å². The molecule has 0 aliphatic rings. The summed E-state index contributed by atoms with van der Waals surface area (Å²) in [6.45, 7) is 5.32. The molecule has 0 spiro atoms. The molecule has 102 valence electrons. The van der Waals surface area contributed by atoms with Crippen molar-refractivity contribution in [1.82, 2.24) is 0 Å². The second kappa shape index (κ2) is 6.43. The molecule has 1 unspecified atom stereocenters. The molecule has 2 N–H and O–H groups in total. The van der Waals surface area contributed by atoms with E-state index in [1.165, 1.54) is 5.56 Å². The van der Waals surface area contributed by atoms with Crippen LogP contribution in [0, 0.1) is 0 Å². The van der Waals surface area contributed by atoms with Crippen LogP contribution in [0.1, 0.15) is 43.1 Å². The van der Waals surface area contributed by atoms with Gasteiger partial charge in [0.25, 0.3) is 0 Å². The van der Waals surface area contributed by atoms with Crippen LogP contribution in [-0.2, 0) is 13.2 Å². The van der Waals surface area contributed by atoms with Crippen molar-refractivity contribution in [3.05, 3.63) is 53.5 Å². The van der Waals surface area contributed by atoms with E-state index in [4.69, 9.17) is 14.9 Å². The quantitative estimate of drug-likeness (QED) is 0.857. The van der Waals surface area contributed by atoms with Gasteiger partial charge >= 0.3 is 0 Å². The summed E-state index contributed by atoms with van der Waals surface area (Å²) in [4.78, 5) is 0. The minimum absolute atomic E-state index is 0.419. The van der Waals surface area contributed by atoms with Crippen LogP contribution in [0.3, 0.4) is 0 Å². The second-order valence-corrected chi connectivity index (χ2v) is 4.74. The van der Waals surface area contributed by atoms with E-state index in [2.05, 4.69) is 26.0 Å². The van der Waals surface area contributed by atoms with Crippen molar-refractivity contribution in [2.75, 3.05) is 0 Å². The predicted molar refractivity (Wildman–Crippen MR) is 76.1 cm³/mol. The third kappa shape index (κ3) is 3.38. The topological polar surface area (TPSA) is 48.4 Å². The summed E-state index contributed by atoms with van der Waals surface area (Å²) >= 11 is 0. The first kappa shape index (κ1) is 13.7. The summed E-state index contributed by atoms with van der Waals surface area (Å²) < 4.78 is 11.1. The van der Waals surface area contributed by atoms with Gasteiger partial charge in [-0.25, -0.2) is 0 Å². The van der Waals surface area contributed by atoms with E-state index >= 15 is 0 Å². The number of nitrogens with two attached hydrogens (primary N) is 1. The zero-order chi connectivity index (χ0) is 13.7. The highest BCUT2D eigenvalue weighted by molar-refractivity contribution is 5.29. The Balaban J connectivity index is 1.96. The molecular formula is C16H21NO2. The molecule has 2 aromatic rings. The van der Waals surface area contributed by atoms with E-state index in [1.54, 1.807) is 6.26 Å². The molecule has 3 nitrogen and oxygen atoms in total. The minimum Gasteiger partial charge on any atom is -0.486 e. The summed E-state index contributed by atoms with van der Waals surface area (Å²) in [7, 11) is 0. The van der Waals surface area contributed by atoms with Gasteiger partial charge in [0, 0.05) is 12.1 Å². The Hall–Kier alpha value is -1.74. The average molecular weight is 259 g/mol. The molecule has 0 amide bonds. The van der Waals surface area contributed by atoms with Crippen LogP contribution >= 0.6 is 0 Å².